The van der Waals surface area contributed by atoms with Crippen LogP contribution in [0, 0.1) is 0 Å². The molecule has 0 saturated heterocycles. The summed E-state index contributed by atoms with van der Waals surface area (Å²) in [6.45, 7) is 6.75. The molecule has 174 valence electrons. The summed E-state index contributed by atoms with van der Waals surface area (Å²) in [5.74, 6) is 0.570. The van der Waals surface area contributed by atoms with Crippen molar-refractivity contribution in [3.63, 3.8) is 0 Å². The van der Waals surface area contributed by atoms with Crippen LogP contribution in [0.15, 0.2) is 41.4 Å². The van der Waals surface area contributed by atoms with Crippen LogP contribution in [0.2, 0.25) is 0 Å². The second-order valence-corrected chi connectivity index (χ2v) is 9.47. The molecule has 31 heavy (non-hydrogen) atoms. The van der Waals surface area contributed by atoms with E-state index in [0.717, 1.165) is 56.3 Å². The summed E-state index contributed by atoms with van der Waals surface area (Å²) < 4.78 is 12.5. The van der Waals surface area contributed by atoms with E-state index in [1.807, 2.05) is 25.3 Å². The Morgan fingerprint density at radius 2 is 1.71 bits per heavy atom. The first-order chi connectivity index (χ1) is 15.0. The standard InChI is InChI=1S/C25H39BrN2O3/c1-4-18-27(2)19-8-6-5-7-9-20-30-23-16-12-22(13-17-23)28(3)25(29)31-24-14-10-21(26)11-15-24/h4,10-11,14-15,22-23H,1,5-9,12-13,16-20H2,2-3H3/t22-,23-. The zero-order valence-electron chi connectivity index (χ0n) is 19.2. The van der Waals surface area contributed by atoms with Crippen LogP contribution in [0.4, 0.5) is 4.79 Å². The van der Waals surface area contributed by atoms with Crippen molar-refractivity contribution in [2.75, 3.05) is 33.8 Å². The van der Waals surface area contributed by atoms with Crippen molar-refractivity contribution in [3.05, 3.63) is 41.4 Å². The maximum atomic E-state index is 12.4. The number of hydrogen-bond acceptors (Lipinski definition) is 4. The van der Waals surface area contributed by atoms with E-state index >= 15 is 0 Å². The number of unbranched alkanes of at least 4 members (excludes halogenated alkanes) is 4. The molecule has 1 aliphatic rings. The predicted octanol–water partition coefficient (Wildman–Crippen LogP) is 6.28. The van der Waals surface area contributed by atoms with Gasteiger partial charge in [0.25, 0.3) is 0 Å². The minimum atomic E-state index is -0.289. The highest BCUT2D eigenvalue weighted by atomic mass is 79.9. The highest BCUT2D eigenvalue weighted by Gasteiger charge is 2.27. The number of ether oxygens (including phenoxy) is 2. The van der Waals surface area contributed by atoms with Crippen LogP contribution in [-0.4, -0.2) is 61.8 Å². The Hall–Kier alpha value is -1.37. The van der Waals surface area contributed by atoms with Gasteiger partial charge in [-0.1, -0.05) is 41.3 Å². The summed E-state index contributed by atoms with van der Waals surface area (Å²) in [5.41, 5.74) is 0. The SMILES string of the molecule is C=CCN(C)CCCCCCCO[C@H]1CC[C@H](N(C)C(=O)Oc2ccc(Br)cc2)CC1. The molecule has 1 fully saturated rings. The van der Waals surface area contributed by atoms with Crippen LogP contribution < -0.4 is 4.74 Å². The Morgan fingerprint density at radius 1 is 1.06 bits per heavy atom. The molecule has 2 rings (SSSR count). The van der Waals surface area contributed by atoms with Crippen molar-refractivity contribution in [3.8, 4) is 5.75 Å². The van der Waals surface area contributed by atoms with Crippen LogP contribution in [0.5, 0.6) is 5.75 Å². The molecule has 1 amide bonds. The van der Waals surface area contributed by atoms with Crippen LogP contribution in [0.25, 0.3) is 0 Å². The molecule has 0 N–H and O–H groups in total. The zero-order valence-corrected chi connectivity index (χ0v) is 20.8. The lowest BCUT2D eigenvalue weighted by molar-refractivity contribution is 0.0104. The molecule has 1 aromatic rings. The molecule has 0 unspecified atom stereocenters. The highest BCUT2D eigenvalue weighted by Crippen LogP contribution is 2.26. The van der Waals surface area contributed by atoms with E-state index in [4.69, 9.17) is 9.47 Å². The van der Waals surface area contributed by atoms with Gasteiger partial charge in [0.15, 0.2) is 0 Å². The number of benzene rings is 1. The fourth-order valence-electron chi connectivity index (χ4n) is 4.00. The van der Waals surface area contributed by atoms with Crippen molar-refractivity contribution in [1.82, 2.24) is 9.80 Å². The number of amides is 1. The average Bonchev–Trinajstić information content (AvgIpc) is 2.77. The first-order valence-electron chi connectivity index (χ1n) is 11.6. The van der Waals surface area contributed by atoms with Gasteiger partial charge in [-0.2, -0.15) is 0 Å². The van der Waals surface area contributed by atoms with Crippen LogP contribution in [0.3, 0.4) is 0 Å². The molecule has 0 atom stereocenters. The zero-order chi connectivity index (χ0) is 22.5. The number of rotatable bonds is 13. The summed E-state index contributed by atoms with van der Waals surface area (Å²) in [7, 11) is 3.98. The van der Waals surface area contributed by atoms with E-state index in [0.29, 0.717) is 11.9 Å². The average molecular weight is 496 g/mol. The van der Waals surface area contributed by atoms with Crippen LogP contribution >= 0.6 is 15.9 Å². The summed E-state index contributed by atoms with van der Waals surface area (Å²) >= 11 is 3.39. The fourth-order valence-corrected chi connectivity index (χ4v) is 4.26. The molecule has 0 spiro atoms. The summed E-state index contributed by atoms with van der Waals surface area (Å²) in [6, 6.07) is 7.55. The Kier molecular flexibility index (Phi) is 12.2. The Morgan fingerprint density at radius 3 is 2.39 bits per heavy atom. The van der Waals surface area contributed by atoms with Crippen molar-refractivity contribution < 1.29 is 14.3 Å². The Bertz CT molecular complexity index is 645. The lowest BCUT2D eigenvalue weighted by atomic mass is 9.92. The predicted molar refractivity (Wildman–Crippen MR) is 131 cm³/mol. The molecule has 0 radical (unpaired) electrons. The fraction of sp³-hybridized carbons (Fsp3) is 0.640. The lowest BCUT2D eigenvalue weighted by Crippen LogP contribution is -2.42. The number of hydrogen-bond donors (Lipinski definition) is 0. The molecule has 0 bridgehead atoms. The monoisotopic (exact) mass is 494 g/mol. The van der Waals surface area contributed by atoms with Gasteiger partial charge in [-0.25, -0.2) is 4.79 Å². The second-order valence-electron chi connectivity index (χ2n) is 8.55. The van der Waals surface area contributed by atoms with Gasteiger partial charge in [-0.3, -0.25) is 0 Å². The van der Waals surface area contributed by atoms with Crippen LogP contribution in [-0.2, 0) is 4.74 Å². The van der Waals surface area contributed by atoms with E-state index in [1.54, 1.807) is 17.0 Å². The van der Waals surface area contributed by atoms with Gasteiger partial charge in [0.1, 0.15) is 5.75 Å². The third-order valence-corrected chi connectivity index (χ3v) is 6.51. The van der Waals surface area contributed by atoms with Crippen molar-refractivity contribution in [2.45, 2.75) is 69.9 Å². The van der Waals surface area contributed by atoms with E-state index in [1.165, 1.54) is 25.7 Å². The Labute approximate surface area is 196 Å². The number of carbonyl (C=O) groups is 1. The molecular formula is C25H39BrN2O3. The number of nitrogens with zero attached hydrogens (tertiary/aromatic N) is 2. The van der Waals surface area contributed by atoms with Crippen molar-refractivity contribution >= 4 is 22.0 Å². The Balaban J connectivity index is 1.52. The van der Waals surface area contributed by atoms with Gasteiger partial charge in [0, 0.05) is 30.7 Å². The van der Waals surface area contributed by atoms with E-state index in [-0.39, 0.29) is 12.1 Å². The van der Waals surface area contributed by atoms with E-state index in [2.05, 4.69) is 34.5 Å². The van der Waals surface area contributed by atoms with Crippen LogP contribution in [0.1, 0.15) is 57.8 Å². The van der Waals surface area contributed by atoms with Crippen molar-refractivity contribution in [1.29, 1.82) is 0 Å². The molecule has 6 heteroatoms. The van der Waals surface area contributed by atoms with Gasteiger partial charge in [-0.05, 0) is 76.4 Å². The van der Waals surface area contributed by atoms with Crippen molar-refractivity contribution in [2.24, 2.45) is 0 Å². The lowest BCUT2D eigenvalue weighted by Gasteiger charge is -2.34. The number of carbonyl (C=O) groups excluding carboxylic acids is 1. The van der Waals surface area contributed by atoms with Gasteiger partial charge in [0.2, 0.25) is 0 Å². The maximum absolute atomic E-state index is 12.4. The molecule has 1 aliphatic carbocycles. The summed E-state index contributed by atoms with van der Waals surface area (Å²) in [4.78, 5) is 16.5. The molecule has 5 nitrogen and oxygen atoms in total. The molecule has 0 heterocycles. The van der Waals surface area contributed by atoms with Gasteiger partial charge < -0.3 is 19.3 Å². The minimum Gasteiger partial charge on any atom is -0.410 e. The second kappa shape index (κ2) is 14.6. The van der Waals surface area contributed by atoms with E-state index < -0.39 is 0 Å². The molecule has 0 aliphatic heterocycles. The first kappa shape index (κ1) is 25.9. The first-order valence-corrected chi connectivity index (χ1v) is 12.4. The summed E-state index contributed by atoms with van der Waals surface area (Å²) in [6.07, 6.45) is 12.2. The third-order valence-electron chi connectivity index (χ3n) is 5.98. The smallest absolute Gasteiger partial charge is 0.410 e. The molecular weight excluding hydrogens is 456 g/mol. The normalized spacial score (nSPS) is 18.7. The van der Waals surface area contributed by atoms with Gasteiger partial charge >= 0.3 is 6.09 Å². The molecule has 1 saturated carbocycles. The topological polar surface area (TPSA) is 42.0 Å². The molecule has 0 aromatic heterocycles. The third kappa shape index (κ3) is 10.2. The number of likely N-dealkylation sites (N-methyl/N-ethyl adjacent to an activating group) is 1. The molecule has 1 aromatic carbocycles. The highest BCUT2D eigenvalue weighted by molar-refractivity contribution is 9.10. The van der Waals surface area contributed by atoms with E-state index in [9.17, 15) is 4.79 Å². The largest absolute Gasteiger partial charge is 0.415 e. The maximum Gasteiger partial charge on any atom is 0.415 e. The number of halogens is 1. The van der Waals surface area contributed by atoms with Gasteiger partial charge in [0.05, 0.1) is 6.10 Å². The summed E-state index contributed by atoms with van der Waals surface area (Å²) in [5, 5.41) is 0. The minimum absolute atomic E-state index is 0.224. The van der Waals surface area contributed by atoms with Gasteiger partial charge in [-0.15, -0.1) is 6.58 Å². The quantitative estimate of drug-likeness (QED) is 0.239.